The fraction of sp³-hybridized carbons (Fsp3) is 0.259. The highest BCUT2D eigenvalue weighted by molar-refractivity contribution is 5.96. The highest BCUT2D eigenvalue weighted by Crippen LogP contribution is 2.34. The van der Waals surface area contributed by atoms with Gasteiger partial charge in [-0.15, -0.1) is 0 Å². The lowest BCUT2D eigenvalue weighted by molar-refractivity contribution is -0.117. The van der Waals surface area contributed by atoms with Gasteiger partial charge in [-0.3, -0.25) is 4.79 Å². The maximum absolute atomic E-state index is 14.3. The van der Waals surface area contributed by atoms with Gasteiger partial charge >= 0.3 is 0 Å². The number of imidazole rings is 1. The van der Waals surface area contributed by atoms with Crippen LogP contribution in [0, 0.1) is 5.82 Å². The third kappa shape index (κ3) is 4.33. The molecule has 1 fully saturated rings. The van der Waals surface area contributed by atoms with Gasteiger partial charge in [-0.05, 0) is 55.0 Å². The summed E-state index contributed by atoms with van der Waals surface area (Å²) in [6, 6.07) is 21.9. The molecular weight excluding hydrogens is 433 g/mol. The summed E-state index contributed by atoms with van der Waals surface area (Å²) in [5.74, 6) is 1.85. The van der Waals surface area contributed by atoms with Crippen molar-refractivity contribution in [1.82, 2.24) is 9.55 Å². The zero-order valence-corrected chi connectivity index (χ0v) is 19.0. The third-order valence-electron chi connectivity index (χ3n) is 6.17. The summed E-state index contributed by atoms with van der Waals surface area (Å²) < 4.78 is 27.6. The monoisotopic (exact) mass is 459 g/mol. The van der Waals surface area contributed by atoms with E-state index in [-0.39, 0.29) is 17.6 Å². The number of anilines is 1. The Hall–Kier alpha value is -3.87. The Bertz CT molecular complexity index is 1300. The van der Waals surface area contributed by atoms with Crippen LogP contribution in [-0.2, 0) is 11.3 Å². The van der Waals surface area contributed by atoms with Crippen LogP contribution in [0.15, 0.2) is 72.8 Å². The molecule has 1 atom stereocenters. The molecule has 0 unspecified atom stereocenters. The number of aryl methyl sites for hydroxylation is 1. The molecule has 3 aromatic carbocycles. The van der Waals surface area contributed by atoms with Gasteiger partial charge in [0.05, 0.1) is 30.4 Å². The molecule has 1 saturated heterocycles. The number of para-hydroxylation sites is 3. The van der Waals surface area contributed by atoms with E-state index in [2.05, 4.69) is 4.57 Å². The van der Waals surface area contributed by atoms with Crippen molar-refractivity contribution in [3.05, 3.63) is 84.4 Å². The average molecular weight is 460 g/mol. The van der Waals surface area contributed by atoms with Gasteiger partial charge in [0.1, 0.15) is 23.1 Å². The molecule has 0 spiro atoms. The number of benzene rings is 3. The number of rotatable bonds is 8. The molecule has 0 radical (unpaired) electrons. The number of carbonyl (C=O) groups excluding carboxylic acids is 1. The lowest BCUT2D eigenvalue weighted by Gasteiger charge is -2.18. The number of fused-ring (bicyclic) bond motifs is 1. The van der Waals surface area contributed by atoms with E-state index in [1.807, 2.05) is 48.5 Å². The number of nitrogens with zero attached hydrogens (tertiary/aromatic N) is 3. The van der Waals surface area contributed by atoms with E-state index in [0.29, 0.717) is 31.8 Å². The Morgan fingerprint density at radius 3 is 2.53 bits per heavy atom. The number of hydrogen-bond acceptors (Lipinski definition) is 4. The van der Waals surface area contributed by atoms with E-state index in [1.165, 1.54) is 11.0 Å². The fourth-order valence-electron chi connectivity index (χ4n) is 4.51. The van der Waals surface area contributed by atoms with Gasteiger partial charge in [0.15, 0.2) is 0 Å². The Balaban J connectivity index is 1.33. The number of methoxy groups -OCH3 is 1. The molecule has 1 amide bonds. The van der Waals surface area contributed by atoms with Crippen molar-refractivity contribution in [1.29, 1.82) is 0 Å². The molecule has 34 heavy (non-hydrogen) atoms. The van der Waals surface area contributed by atoms with Crippen molar-refractivity contribution in [2.75, 3.05) is 25.2 Å². The van der Waals surface area contributed by atoms with Crippen LogP contribution < -0.4 is 14.4 Å². The minimum absolute atomic E-state index is 0.0865. The number of carbonyl (C=O) groups is 1. The van der Waals surface area contributed by atoms with Crippen molar-refractivity contribution >= 4 is 22.6 Å². The second-order valence-corrected chi connectivity index (χ2v) is 8.34. The smallest absolute Gasteiger partial charge is 0.227 e. The van der Waals surface area contributed by atoms with Crippen LogP contribution in [0.2, 0.25) is 0 Å². The number of amides is 1. The number of halogens is 1. The summed E-state index contributed by atoms with van der Waals surface area (Å²) in [4.78, 5) is 19.2. The van der Waals surface area contributed by atoms with Crippen LogP contribution in [0.3, 0.4) is 0 Å². The molecule has 4 aromatic rings. The largest absolute Gasteiger partial charge is 0.497 e. The Kier molecular flexibility index (Phi) is 6.16. The maximum Gasteiger partial charge on any atom is 0.227 e. The number of aromatic nitrogens is 2. The standard InChI is InChI=1S/C27H26FN3O3/c1-33-20-11-13-21(14-12-20)34-16-6-15-30-25-10-5-3-8-23(25)29-27(30)19-17-26(32)31(18-19)24-9-4-2-7-22(24)28/h2-5,7-14,19H,6,15-18H2,1H3/t19-/m0/s1. The van der Waals surface area contributed by atoms with Crippen LogP contribution in [0.25, 0.3) is 11.0 Å². The van der Waals surface area contributed by atoms with Gasteiger partial charge < -0.3 is 18.9 Å². The molecule has 7 heteroatoms. The molecular formula is C27H26FN3O3. The summed E-state index contributed by atoms with van der Waals surface area (Å²) in [7, 11) is 1.64. The van der Waals surface area contributed by atoms with Crippen molar-refractivity contribution < 1.29 is 18.7 Å². The predicted octanol–water partition coefficient (Wildman–Crippen LogP) is 5.17. The Labute approximate surface area is 197 Å². The van der Waals surface area contributed by atoms with Crippen molar-refractivity contribution in [3.63, 3.8) is 0 Å². The quantitative estimate of drug-likeness (QED) is 0.341. The SMILES string of the molecule is COc1ccc(OCCCn2c([C@H]3CC(=O)N(c4ccccc4F)C3)nc3ccccc32)cc1. The second-order valence-electron chi connectivity index (χ2n) is 8.34. The summed E-state index contributed by atoms with van der Waals surface area (Å²) >= 11 is 0. The molecule has 0 N–H and O–H groups in total. The van der Waals surface area contributed by atoms with E-state index < -0.39 is 0 Å². The first kappa shape index (κ1) is 21.9. The van der Waals surface area contributed by atoms with Gasteiger partial charge in [0.2, 0.25) is 5.91 Å². The van der Waals surface area contributed by atoms with Crippen LogP contribution in [0.4, 0.5) is 10.1 Å². The first-order chi connectivity index (χ1) is 16.6. The average Bonchev–Trinajstić information content (AvgIpc) is 3.43. The van der Waals surface area contributed by atoms with Gasteiger partial charge in [0, 0.05) is 25.4 Å². The summed E-state index contributed by atoms with van der Waals surface area (Å²) in [6.07, 6.45) is 1.08. The van der Waals surface area contributed by atoms with E-state index in [9.17, 15) is 9.18 Å². The van der Waals surface area contributed by atoms with Crippen LogP contribution in [-0.4, -0.2) is 35.7 Å². The van der Waals surface area contributed by atoms with Gasteiger partial charge in [-0.1, -0.05) is 24.3 Å². The molecule has 1 aromatic heterocycles. The lowest BCUT2D eigenvalue weighted by atomic mass is 10.1. The predicted molar refractivity (Wildman–Crippen MR) is 129 cm³/mol. The highest BCUT2D eigenvalue weighted by atomic mass is 19.1. The molecule has 174 valence electrons. The van der Waals surface area contributed by atoms with Gasteiger partial charge in [-0.2, -0.15) is 0 Å². The molecule has 1 aliphatic heterocycles. The third-order valence-corrected chi connectivity index (χ3v) is 6.17. The van der Waals surface area contributed by atoms with Crippen LogP contribution >= 0.6 is 0 Å². The van der Waals surface area contributed by atoms with Crippen molar-refractivity contribution in [3.8, 4) is 11.5 Å². The van der Waals surface area contributed by atoms with Crippen molar-refractivity contribution in [2.24, 2.45) is 0 Å². The summed E-state index contributed by atoms with van der Waals surface area (Å²) in [6.45, 7) is 1.66. The minimum atomic E-state index is -0.388. The molecule has 2 heterocycles. The molecule has 0 aliphatic carbocycles. The topological polar surface area (TPSA) is 56.6 Å². The van der Waals surface area contributed by atoms with E-state index in [0.717, 1.165) is 34.8 Å². The van der Waals surface area contributed by atoms with E-state index in [1.54, 1.807) is 25.3 Å². The molecule has 5 rings (SSSR count). The summed E-state index contributed by atoms with van der Waals surface area (Å²) in [5, 5.41) is 0. The first-order valence-electron chi connectivity index (χ1n) is 11.4. The van der Waals surface area contributed by atoms with Crippen LogP contribution in [0.1, 0.15) is 24.6 Å². The zero-order chi connectivity index (χ0) is 23.5. The normalized spacial score (nSPS) is 15.8. The minimum Gasteiger partial charge on any atom is -0.497 e. The second kappa shape index (κ2) is 9.55. The maximum atomic E-state index is 14.3. The summed E-state index contributed by atoms with van der Waals surface area (Å²) in [5.41, 5.74) is 2.25. The molecule has 0 saturated carbocycles. The van der Waals surface area contributed by atoms with E-state index in [4.69, 9.17) is 14.5 Å². The molecule has 1 aliphatic rings. The van der Waals surface area contributed by atoms with Gasteiger partial charge in [-0.25, -0.2) is 9.37 Å². The van der Waals surface area contributed by atoms with Gasteiger partial charge in [0.25, 0.3) is 0 Å². The Morgan fingerprint density at radius 2 is 1.74 bits per heavy atom. The van der Waals surface area contributed by atoms with Crippen molar-refractivity contribution in [2.45, 2.75) is 25.3 Å². The zero-order valence-electron chi connectivity index (χ0n) is 19.0. The number of ether oxygens (including phenoxy) is 2. The molecule has 0 bridgehead atoms. The van der Waals surface area contributed by atoms with E-state index >= 15 is 0 Å². The number of hydrogen-bond donors (Lipinski definition) is 0. The lowest BCUT2D eigenvalue weighted by Crippen LogP contribution is -2.25. The molecule has 6 nitrogen and oxygen atoms in total. The fourth-order valence-corrected chi connectivity index (χ4v) is 4.51. The Morgan fingerprint density at radius 1 is 1.00 bits per heavy atom. The van der Waals surface area contributed by atoms with Crippen LogP contribution in [0.5, 0.6) is 11.5 Å². The highest BCUT2D eigenvalue weighted by Gasteiger charge is 2.35. The first-order valence-corrected chi connectivity index (χ1v) is 11.4.